The second-order valence-corrected chi connectivity index (χ2v) is 8.02. The highest BCUT2D eigenvalue weighted by Crippen LogP contribution is 2.56. The number of anilines is 1. The first kappa shape index (κ1) is 13.5. The Morgan fingerprint density at radius 2 is 1.81 bits per heavy atom. The smallest absolute Gasteiger partial charge is 0.312 e. The van der Waals surface area contributed by atoms with Crippen LogP contribution in [0.2, 0.25) is 0 Å². The lowest BCUT2D eigenvalue weighted by Gasteiger charge is -2.57. The van der Waals surface area contributed by atoms with Crippen LogP contribution >= 0.6 is 15.9 Å². The maximum atomic E-state index is 11.3. The first-order valence-corrected chi connectivity index (χ1v) is 8.40. The van der Waals surface area contributed by atoms with Crippen LogP contribution in [0, 0.1) is 27.9 Å². The summed E-state index contributed by atoms with van der Waals surface area (Å²) in [5, 5.41) is 14.8. The minimum absolute atomic E-state index is 0.0420. The molecule has 4 aliphatic carbocycles. The Hall–Kier alpha value is -1.17. The van der Waals surface area contributed by atoms with Gasteiger partial charge in [0.25, 0.3) is 0 Å². The average molecular weight is 352 g/mol. The molecule has 0 amide bonds. The van der Waals surface area contributed by atoms with Gasteiger partial charge in [0, 0.05) is 22.3 Å². The molecule has 0 atom stereocenters. The normalized spacial score (nSPS) is 36.7. The van der Waals surface area contributed by atoms with Crippen LogP contribution in [0.3, 0.4) is 0 Å². The highest BCUT2D eigenvalue weighted by atomic mass is 79.9. The van der Waals surface area contributed by atoms with Crippen LogP contribution in [0.4, 0.5) is 11.5 Å². The van der Waals surface area contributed by atoms with Crippen molar-refractivity contribution in [3.8, 4) is 0 Å². The molecule has 112 valence electrons. The van der Waals surface area contributed by atoms with Crippen LogP contribution in [0.15, 0.2) is 16.7 Å². The van der Waals surface area contributed by atoms with Crippen molar-refractivity contribution in [3.05, 3.63) is 26.9 Å². The van der Waals surface area contributed by atoms with E-state index in [1.165, 1.54) is 25.3 Å². The van der Waals surface area contributed by atoms with Gasteiger partial charge in [-0.1, -0.05) is 0 Å². The number of hydrogen-bond donors (Lipinski definition) is 1. The van der Waals surface area contributed by atoms with E-state index in [1.807, 2.05) is 0 Å². The summed E-state index contributed by atoms with van der Waals surface area (Å²) in [5.74, 6) is 2.85. The summed E-state index contributed by atoms with van der Waals surface area (Å²) in [4.78, 5) is 15.2. The van der Waals surface area contributed by atoms with Crippen molar-refractivity contribution in [1.29, 1.82) is 0 Å². The molecule has 0 unspecified atom stereocenters. The van der Waals surface area contributed by atoms with Crippen LogP contribution in [0.25, 0.3) is 0 Å². The lowest BCUT2D eigenvalue weighted by molar-refractivity contribution is -0.384. The van der Waals surface area contributed by atoms with E-state index >= 15 is 0 Å². The Balaban J connectivity index is 1.66. The van der Waals surface area contributed by atoms with Crippen LogP contribution in [-0.2, 0) is 0 Å². The summed E-state index contributed by atoms with van der Waals surface area (Å²) < 4.78 is 0.644. The van der Waals surface area contributed by atoms with E-state index in [0.717, 1.165) is 37.0 Å². The number of nitrogens with one attached hydrogen (secondary N) is 1. The van der Waals surface area contributed by atoms with Crippen molar-refractivity contribution in [3.63, 3.8) is 0 Å². The van der Waals surface area contributed by atoms with Crippen LogP contribution in [0.5, 0.6) is 0 Å². The van der Waals surface area contributed by atoms with E-state index in [2.05, 4.69) is 26.2 Å². The summed E-state index contributed by atoms with van der Waals surface area (Å²) in [7, 11) is 0. The second kappa shape index (κ2) is 4.66. The van der Waals surface area contributed by atoms with Crippen LogP contribution in [0.1, 0.15) is 38.5 Å². The minimum atomic E-state index is -0.347. The maximum Gasteiger partial charge on any atom is 0.312 e. The van der Waals surface area contributed by atoms with Gasteiger partial charge in [0.15, 0.2) is 0 Å². The lowest BCUT2D eigenvalue weighted by Crippen LogP contribution is -2.54. The van der Waals surface area contributed by atoms with E-state index in [1.54, 1.807) is 6.20 Å². The van der Waals surface area contributed by atoms with Gasteiger partial charge in [0.05, 0.1) is 4.92 Å². The molecule has 4 bridgehead atoms. The third kappa shape index (κ3) is 2.33. The van der Waals surface area contributed by atoms with Gasteiger partial charge in [0.1, 0.15) is 0 Å². The fourth-order valence-electron chi connectivity index (χ4n) is 5.18. The Morgan fingerprint density at radius 3 is 2.33 bits per heavy atom. The summed E-state index contributed by atoms with van der Waals surface area (Å²) in [5.41, 5.74) is 0.112. The summed E-state index contributed by atoms with van der Waals surface area (Å²) in [6.07, 6.45) is 9.15. The average Bonchev–Trinajstić information content (AvgIpc) is 2.38. The molecule has 4 fully saturated rings. The molecule has 4 aliphatic rings. The van der Waals surface area contributed by atoms with Crippen molar-refractivity contribution in [2.75, 3.05) is 5.32 Å². The molecular weight excluding hydrogens is 334 g/mol. The van der Waals surface area contributed by atoms with Crippen molar-refractivity contribution in [2.45, 2.75) is 44.1 Å². The zero-order valence-corrected chi connectivity index (χ0v) is 13.3. The number of rotatable bonds is 3. The Morgan fingerprint density at radius 1 is 1.24 bits per heavy atom. The zero-order valence-electron chi connectivity index (χ0n) is 11.7. The molecule has 1 heterocycles. The van der Waals surface area contributed by atoms with E-state index in [-0.39, 0.29) is 16.1 Å². The van der Waals surface area contributed by atoms with Gasteiger partial charge in [-0.25, -0.2) is 4.98 Å². The largest absolute Gasteiger partial charge is 0.359 e. The van der Waals surface area contributed by atoms with E-state index in [4.69, 9.17) is 0 Å². The number of nitrogens with zero attached hydrogens (tertiary/aromatic N) is 2. The minimum Gasteiger partial charge on any atom is -0.359 e. The van der Waals surface area contributed by atoms with Crippen molar-refractivity contribution >= 4 is 27.4 Å². The fraction of sp³-hybridized carbons (Fsp3) is 0.667. The quantitative estimate of drug-likeness (QED) is 0.656. The molecule has 21 heavy (non-hydrogen) atoms. The highest BCUT2D eigenvalue weighted by Gasteiger charge is 2.51. The third-order valence-electron chi connectivity index (χ3n) is 5.45. The summed E-state index contributed by atoms with van der Waals surface area (Å²) >= 11 is 3.26. The van der Waals surface area contributed by atoms with Crippen LogP contribution < -0.4 is 5.32 Å². The molecule has 1 N–H and O–H groups in total. The van der Waals surface area contributed by atoms with E-state index in [0.29, 0.717) is 10.3 Å². The summed E-state index contributed by atoms with van der Waals surface area (Å²) in [6.45, 7) is 0. The third-order valence-corrected chi connectivity index (χ3v) is 5.89. The standard InChI is InChI=1S/C15H18BrN3O2/c16-12-4-13(19(20)21)14(17-8-12)18-15-5-9-1-10(6-15)3-11(2-9)7-15/h4,8-11H,1-3,5-7H2,(H,17,18). The second-order valence-electron chi connectivity index (χ2n) is 7.10. The maximum absolute atomic E-state index is 11.3. The van der Waals surface area contributed by atoms with E-state index in [9.17, 15) is 10.1 Å². The number of halogens is 1. The number of nitro groups is 1. The van der Waals surface area contributed by atoms with Gasteiger partial charge >= 0.3 is 5.69 Å². The summed E-state index contributed by atoms with van der Waals surface area (Å²) in [6, 6.07) is 1.54. The zero-order chi connectivity index (χ0) is 14.6. The molecule has 0 aliphatic heterocycles. The topological polar surface area (TPSA) is 68.1 Å². The highest BCUT2D eigenvalue weighted by molar-refractivity contribution is 9.10. The fourth-order valence-corrected chi connectivity index (χ4v) is 5.50. The first-order valence-electron chi connectivity index (χ1n) is 7.61. The van der Waals surface area contributed by atoms with Crippen molar-refractivity contribution < 1.29 is 4.92 Å². The molecule has 0 saturated heterocycles. The SMILES string of the molecule is O=[N+]([O-])c1cc(Br)cnc1NC12CC3CC(CC(C3)C1)C2. The van der Waals surface area contributed by atoms with Crippen molar-refractivity contribution in [1.82, 2.24) is 4.98 Å². The molecule has 0 aromatic carbocycles. The monoisotopic (exact) mass is 351 g/mol. The molecule has 0 spiro atoms. The van der Waals surface area contributed by atoms with Gasteiger partial charge in [-0.05, 0) is 72.2 Å². The molecule has 5 nitrogen and oxygen atoms in total. The van der Waals surface area contributed by atoms with Gasteiger partial charge in [0.2, 0.25) is 5.82 Å². The molecule has 6 heteroatoms. The van der Waals surface area contributed by atoms with E-state index < -0.39 is 0 Å². The number of hydrogen-bond acceptors (Lipinski definition) is 4. The predicted molar refractivity (Wildman–Crippen MR) is 83.1 cm³/mol. The Kier molecular flexibility index (Phi) is 3.00. The van der Waals surface area contributed by atoms with Gasteiger partial charge in [-0.15, -0.1) is 0 Å². The van der Waals surface area contributed by atoms with Gasteiger partial charge in [-0.3, -0.25) is 10.1 Å². The number of pyridine rings is 1. The predicted octanol–water partition coefficient (Wildman–Crippen LogP) is 4.13. The molecule has 5 rings (SSSR count). The molecule has 4 saturated carbocycles. The van der Waals surface area contributed by atoms with Crippen LogP contribution in [-0.4, -0.2) is 15.4 Å². The van der Waals surface area contributed by atoms with Gasteiger partial charge in [-0.2, -0.15) is 0 Å². The first-order chi connectivity index (χ1) is 10.0. The molecule has 0 radical (unpaired) electrons. The van der Waals surface area contributed by atoms with Crippen molar-refractivity contribution in [2.24, 2.45) is 17.8 Å². The lowest BCUT2D eigenvalue weighted by atomic mass is 9.53. The number of aromatic nitrogens is 1. The Labute approximate surface area is 131 Å². The molecule has 1 aromatic rings. The van der Waals surface area contributed by atoms with Gasteiger partial charge < -0.3 is 5.32 Å². The molecular formula is C15H18BrN3O2. The Bertz CT molecular complexity index is 569. The molecule has 1 aromatic heterocycles.